The average Bonchev–Trinajstić information content (AvgIpc) is 3.13. The third kappa shape index (κ3) is 5.70. The van der Waals surface area contributed by atoms with Gasteiger partial charge >= 0.3 is 5.97 Å². The maximum Gasteiger partial charge on any atom is 0.339 e. The molecule has 158 valence electrons. The van der Waals surface area contributed by atoms with Crippen molar-refractivity contribution in [3.63, 3.8) is 0 Å². The minimum atomic E-state index is -0.476. The summed E-state index contributed by atoms with van der Waals surface area (Å²) in [7, 11) is 0. The highest BCUT2D eigenvalue weighted by molar-refractivity contribution is 7.80. The van der Waals surface area contributed by atoms with Gasteiger partial charge in [-0.2, -0.15) is 0 Å². The van der Waals surface area contributed by atoms with Gasteiger partial charge in [0.2, 0.25) is 5.91 Å². The van der Waals surface area contributed by atoms with Crippen molar-refractivity contribution in [1.82, 2.24) is 10.2 Å². The van der Waals surface area contributed by atoms with Gasteiger partial charge in [0.1, 0.15) is 0 Å². The van der Waals surface area contributed by atoms with Crippen molar-refractivity contribution < 1.29 is 14.3 Å². The van der Waals surface area contributed by atoms with E-state index in [2.05, 4.69) is 10.6 Å². The van der Waals surface area contributed by atoms with Crippen LogP contribution in [0.1, 0.15) is 41.3 Å². The zero-order valence-corrected chi connectivity index (χ0v) is 18.3. The molecule has 0 aromatic heterocycles. The molecule has 0 bridgehead atoms. The van der Waals surface area contributed by atoms with Gasteiger partial charge in [0.05, 0.1) is 17.2 Å². The van der Waals surface area contributed by atoms with Gasteiger partial charge in [-0.05, 0) is 54.9 Å². The van der Waals surface area contributed by atoms with Crippen LogP contribution in [0.3, 0.4) is 0 Å². The van der Waals surface area contributed by atoms with Gasteiger partial charge in [-0.1, -0.05) is 35.9 Å². The van der Waals surface area contributed by atoms with Crippen molar-refractivity contribution in [2.45, 2.75) is 32.9 Å². The van der Waals surface area contributed by atoms with Crippen LogP contribution in [-0.2, 0) is 22.6 Å². The number of nitrogens with zero attached hydrogens (tertiary/aromatic N) is 1. The van der Waals surface area contributed by atoms with Crippen LogP contribution in [0, 0.1) is 0 Å². The molecule has 2 aromatic rings. The Morgan fingerprint density at radius 1 is 1.23 bits per heavy atom. The predicted molar refractivity (Wildman–Crippen MR) is 122 cm³/mol. The molecule has 1 heterocycles. The first kappa shape index (κ1) is 22.1. The summed E-state index contributed by atoms with van der Waals surface area (Å²) >= 11 is 11.5. The highest BCUT2D eigenvalue weighted by Gasteiger charge is 2.21. The van der Waals surface area contributed by atoms with E-state index in [1.165, 1.54) is 0 Å². The quantitative estimate of drug-likeness (QED) is 0.493. The van der Waals surface area contributed by atoms with Crippen LogP contribution in [0.15, 0.2) is 42.5 Å². The van der Waals surface area contributed by atoms with E-state index in [4.69, 9.17) is 28.6 Å². The lowest BCUT2D eigenvalue weighted by atomic mass is 10.1. The summed E-state index contributed by atoms with van der Waals surface area (Å²) < 4.78 is 5.02. The van der Waals surface area contributed by atoms with E-state index < -0.39 is 5.97 Å². The van der Waals surface area contributed by atoms with E-state index in [1.807, 2.05) is 29.2 Å². The van der Waals surface area contributed by atoms with Gasteiger partial charge in [0.25, 0.3) is 0 Å². The third-order valence-electron chi connectivity index (χ3n) is 4.81. The molecule has 3 rings (SSSR count). The van der Waals surface area contributed by atoms with Crippen molar-refractivity contribution >= 4 is 46.5 Å². The number of hydrogen-bond acceptors (Lipinski definition) is 4. The first-order valence-corrected chi connectivity index (χ1v) is 10.6. The lowest BCUT2D eigenvalue weighted by Crippen LogP contribution is -2.29. The number of rotatable bonds is 7. The van der Waals surface area contributed by atoms with Crippen molar-refractivity contribution in [1.29, 1.82) is 0 Å². The summed E-state index contributed by atoms with van der Waals surface area (Å²) in [5.74, 6) is -0.273. The standard InChI is InChI=1S/C22H24ClN3O3S/c1-2-29-21(28)18-12-17(9-10-19(18)23)25-22(30)24-13-15-6-3-4-7-16(15)14-26-11-5-8-20(26)27/h3-4,6-7,9-10,12H,2,5,8,11,13-14H2,1H3,(H2,24,25,30). The first-order chi connectivity index (χ1) is 14.5. The van der Waals surface area contributed by atoms with Crippen molar-refractivity contribution in [2.24, 2.45) is 0 Å². The molecule has 8 heteroatoms. The van der Waals surface area contributed by atoms with Gasteiger partial charge in [0, 0.05) is 31.7 Å². The van der Waals surface area contributed by atoms with E-state index in [-0.39, 0.29) is 18.1 Å². The molecule has 0 atom stereocenters. The minimum absolute atomic E-state index is 0.204. The van der Waals surface area contributed by atoms with E-state index >= 15 is 0 Å². The molecule has 1 aliphatic heterocycles. The summed E-state index contributed by atoms with van der Waals surface area (Å²) in [5.41, 5.74) is 3.09. The smallest absolute Gasteiger partial charge is 0.339 e. The molecule has 1 amide bonds. The van der Waals surface area contributed by atoms with Crippen LogP contribution >= 0.6 is 23.8 Å². The van der Waals surface area contributed by atoms with E-state index in [9.17, 15) is 9.59 Å². The summed E-state index contributed by atoms with van der Waals surface area (Å²) in [6, 6.07) is 13.0. The normalized spacial score (nSPS) is 13.3. The van der Waals surface area contributed by atoms with Gasteiger partial charge in [0.15, 0.2) is 5.11 Å². The van der Waals surface area contributed by atoms with Gasteiger partial charge < -0.3 is 20.3 Å². The van der Waals surface area contributed by atoms with Gasteiger partial charge in [-0.15, -0.1) is 0 Å². The Bertz CT molecular complexity index is 951. The Hall–Kier alpha value is -2.64. The van der Waals surface area contributed by atoms with Crippen molar-refractivity contribution in [3.8, 4) is 0 Å². The number of hydrogen-bond donors (Lipinski definition) is 2. The molecule has 1 aliphatic rings. The molecule has 0 spiro atoms. The number of nitrogens with one attached hydrogen (secondary N) is 2. The second-order valence-corrected chi connectivity index (χ2v) is 7.73. The first-order valence-electron chi connectivity index (χ1n) is 9.84. The molecule has 2 aromatic carbocycles. The second kappa shape index (κ2) is 10.4. The Morgan fingerprint density at radius 2 is 2.00 bits per heavy atom. The highest BCUT2D eigenvalue weighted by atomic mass is 35.5. The zero-order chi connectivity index (χ0) is 21.5. The number of halogens is 1. The monoisotopic (exact) mass is 445 g/mol. The predicted octanol–water partition coefficient (Wildman–Crippen LogP) is 4.13. The molecule has 6 nitrogen and oxygen atoms in total. The lowest BCUT2D eigenvalue weighted by molar-refractivity contribution is -0.128. The third-order valence-corrected chi connectivity index (χ3v) is 5.39. The van der Waals surface area contributed by atoms with Crippen LogP contribution in [0.25, 0.3) is 0 Å². The van der Waals surface area contributed by atoms with E-state index in [0.717, 1.165) is 24.1 Å². The number of carbonyl (C=O) groups excluding carboxylic acids is 2. The highest BCUT2D eigenvalue weighted by Crippen LogP contribution is 2.22. The molecule has 2 N–H and O–H groups in total. The van der Waals surface area contributed by atoms with Crippen LogP contribution < -0.4 is 10.6 Å². The fourth-order valence-electron chi connectivity index (χ4n) is 3.28. The Labute approximate surface area is 186 Å². The SMILES string of the molecule is CCOC(=O)c1cc(NC(=S)NCc2ccccc2CN2CCCC2=O)ccc1Cl. The van der Waals surface area contributed by atoms with Crippen LogP contribution in [0.2, 0.25) is 5.02 Å². The fraction of sp³-hybridized carbons (Fsp3) is 0.318. The lowest BCUT2D eigenvalue weighted by Gasteiger charge is -2.19. The number of thiocarbonyl (C=S) groups is 1. The molecule has 30 heavy (non-hydrogen) atoms. The maximum absolute atomic E-state index is 12.0. The topological polar surface area (TPSA) is 70.7 Å². The maximum atomic E-state index is 12.0. The number of ether oxygens (including phenoxy) is 1. The van der Waals surface area contributed by atoms with Crippen molar-refractivity contribution in [2.75, 3.05) is 18.5 Å². The zero-order valence-electron chi connectivity index (χ0n) is 16.7. The minimum Gasteiger partial charge on any atom is -0.462 e. The Kier molecular flexibility index (Phi) is 7.65. The summed E-state index contributed by atoms with van der Waals surface area (Å²) in [4.78, 5) is 25.8. The number of benzene rings is 2. The number of carbonyl (C=O) groups is 2. The molecule has 0 unspecified atom stereocenters. The summed E-state index contributed by atoms with van der Waals surface area (Å²) in [6.45, 7) is 3.94. The van der Waals surface area contributed by atoms with Gasteiger partial charge in [-0.25, -0.2) is 4.79 Å². The molecule has 0 radical (unpaired) electrons. The van der Waals surface area contributed by atoms with E-state index in [1.54, 1.807) is 25.1 Å². The number of anilines is 1. The second-order valence-electron chi connectivity index (χ2n) is 6.91. The number of amides is 1. The molecule has 0 saturated carbocycles. The molecular weight excluding hydrogens is 422 g/mol. The van der Waals surface area contributed by atoms with Gasteiger partial charge in [-0.3, -0.25) is 4.79 Å². The Morgan fingerprint density at radius 3 is 2.70 bits per heavy atom. The van der Waals surface area contributed by atoms with Crippen LogP contribution in [-0.4, -0.2) is 35.0 Å². The number of likely N-dealkylation sites (tertiary alicyclic amines) is 1. The molecular formula is C22H24ClN3O3S. The van der Waals surface area contributed by atoms with E-state index in [0.29, 0.717) is 35.3 Å². The fourth-order valence-corrected chi connectivity index (χ4v) is 3.66. The molecule has 0 aliphatic carbocycles. The Balaban J connectivity index is 1.61. The average molecular weight is 446 g/mol. The number of esters is 1. The van der Waals surface area contributed by atoms with Crippen molar-refractivity contribution in [3.05, 3.63) is 64.2 Å². The summed E-state index contributed by atoms with van der Waals surface area (Å²) in [5, 5.41) is 6.98. The largest absolute Gasteiger partial charge is 0.462 e. The summed E-state index contributed by atoms with van der Waals surface area (Å²) in [6.07, 6.45) is 1.55. The van der Waals surface area contributed by atoms with Crippen LogP contribution in [0.4, 0.5) is 5.69 Å². The molecule has 1 saturated heterocycles. The van der Waals surface area contributed by atoms with Crippen LogP contribution in [0.5, 0.6) is 0 Å². The molecule has 1 fully saturated rings.